The van der Waals surface area contributed by atoms with Gasteiger partial charge in [-0.05, 0) is 83.5 Å². The van der Waals surface area contributed by atoms with Gasteiger partial charge in [0.25, 0.3) is 0 Å². The third-order valence-electron chi connectivity index (χ3n) is 11.5. The first kappa shape index (κ1) is 59.3. The second-order valence-electron chi connectivity index (χ2n) is 17.6. The van der Waals surface area contributed by atoms with Gasteiger partial charge >= 0.3 is 11.9 Å². The predicted molar refractivity (Wildman–Crippen MR) is 270 cm³/mol. The van der Waals surface area contributed by atoms with E-state index in [1.165, 1.54) is 154 Å². The number of hydrogen-bond donors (Lipinski definition) is 1. The zero-order valence-electron chi connectivity index (χ0n) is 40.9. The van der Waals surface area contributed by atoms with Crippen LogP contribution in [0.25, 0.3) is 0 Å². The highest BCUT2D eigenvalue weighted by Crippen LogP contribution is 2.16. The molecule has 0 aliphatic carbocycles. The minimum Gasteiger partial charge on any atom is -0.462 e. The monoisotopic (exact) mass is 865 g/mol. The molecule has 0 spiro atoms. The Hall–Kier alpha value is -2.66. The highest BCUT2D eigenvalue weighted by Gasteiger charge is 2.16. The summed E-state index contributed by atoms with van der Waals surface area (Å²) in [4.78, 5) is 24.4. The van der Waals surface area contributed by atoms with Gasteiger partial charge in [0, 0.05) is 12.8 Å². The number of aliphatic hydroxyl groups is 1. The lowest BCUT2D eigenvalue weighted by atomic mass is 10.0. The molecule has 0 aromatic heterocycles. The maximum absolute atomic E-state index is 12.2. The lowest BCUT2D eigenvalue weighted by Gasteiger charge is -2.15. The Kier molecular flexibility index (Phi) is 50.4. The van der Waals surface area contributed by atoms with Crippen LogP contribution in [0.2, 0.25) is 0 Å². The number of allylic oxidation sites excluding steroid dienone is 12. The second-order valence-corrected chi connectivity index (χ2v) is 17.6. The summed E-state index contributed by atoms with van der Waals surface area (Å²) in [6, 6.07) is 0. The van der Waals surface area contributed by atoms with E-state index in [-0.39, 0.29) is 25.2 Å². The Bertz CT molecular complexity index is 1110. The molecule has 0 aromatic rings. The van der Waals surface area contributed by atoms with Gasteiger partial charge in [-0.1, -0.05) is 234 Å². The molecule has 0 saturated carbocycles. The fourth-order valence-corrected chi connectivity index (χ4v) is 7.52. The first-order valence-corrected chi connectivity index (χ1v) is 26.5. The van der Waals surface area contributed by atoms with Crippen LogP contribution in [-0.2, 0) is 19.1 Å². The summed E-state index contributed by atoms with van der Waals surface area (Å²) in [5.74, 6) is -0.624. The minimum atomic E-state index is -0.792. The van der Waals surface area contributed by atoms with Crippen LogP contribution in [-0.4, -0.2) is 36.4 Å². The Morgan fingerprint density at radius 3 is 1.08 bits per heavy atom. The van der Waals surface area contributed by atoms with E-state index in [4.69, 9.17) is 9.47 Å². The second kappa shape index (κ2) is 52.7. The molecule has 1 unspecified atom stereocenters. The molecule has 62 heavy (non-hydrogen) atoms. The van der Waals surface area contributed by atoms with Crippen LogP contribution in [0, 0.1) is 0 Å². The molecule has 0 aliphatic heterocycles. The van der Waals surface area contributed by atoms with E-state index in [0.29, 0.717) is 12.8 Å². The quantitative estimate of drug-likeness (QED) is 0.0375. The van der Waals surface area contributed by atoms with Crippen LogP contribution >= 0.6 is 0 Å². The van der Waals surface area contributed by atoms with Crippen molar-refractivity contribution in [2.45, 2.75) is 264 Å². The molecule has 0 rings (SSSR count). The molecule has 358 valence electrons. The topological polar surface area (TPSA) is 72.8 Å². The highest BCUT2D eigenvalue weighted by molar-refractivity contribution is 5.70. The molecular weight excluding hydrogens is 765 g/mol. The van der Waals surface area contributed by atoms with Gasteiger partial charge in [0.05, 0.1) is 6.61 Å². The predicted octanol–water partition coefficient (Wildman–Crippen LogP) is 17.6. The zero-order chi connectivity index (χ0) is 44.9. The van der Waals surface area contributed by atoms with Gasteiger partial charge in [0.2, 0.25) is 0 Å². The highest BCUT2D eigenvalue weighted by atomic mass is 16.6. The van der Waals surface area contributed by atoms with Gasteiger partial charge < -0.3 is 14.6 Å². The first-order valence-electron chi connectivity index (χ1n) is 26.5. The van der Waals surface area contributed by atoms with E-state index in [1.54, 1.807) is 0 Å². The Labute approximate surface area is 384 Å². The molecule has 0 heterocycles. The van der Waals surface area contributed by atoms with Gasteiger partial charge in [0.1, 0.15) is 6.61 Å². The molecule has 0 saturated heterocycles. The van der Waals surface area contributed by atoms with Crippen molar-refractivity contribution in [3.8, 4) is 0 Å². The van der Waals surface area contributed by atoms with Gasteiger partial charge in [0.15, 0.2) is 6.10 Å². The van der Waals surface area contributed by atoms with Crippen LogP contribution < -0.4 is 0 Å². The molecule has 0 bridgehead atoms. The lowest BCUT2D eigenvalue weighted by Crippen LogP contribution is -2.28. The van der Waals surface area contributed by atoms with Gasteiger partial charge in [-0.3, -0.25) is 9.59 Å². The third-order valence-corrected chi connectivity index (χ3v) is 11.5. The van der Waals surface area contributed by atoms with E-state index in [0.717, 1.165) is 77.0 Å². The van der Waals surface area contributed by atoms with Crippen LogP contribution in [0.5, 0.6) is 0 Å². The minimum absolute atomic E-state index is 0.0805. The smallest absolute Gasteiger partial charge is 0.306 e. The summed E-state index contributed by atoms with van der Waals surface area (Å²) in [6.07, 6.45) is 71.6. The molecule has 1 N–H and O–H groups in total. The number of esters is 2. The van der Waals surface area contributed by atoms with E-state index in [1.807, 2.05) is 0 Å². The summed E-state index contributed by atoms with van der Waals surface area (Å²) < 4.78 is 10.7. The van der Waals surface area contributed by atoms with Gasteiger partial charge in [-0.2, -0.15) is 0 Å². The van der Waals surface area contributed by atoms with Crippen LogP contribution in [0.3, 0.4) is 0 Å². The fraction of sp³-hybridized carbons (Fsp3) is 0.754. The van der Waals surface area contributed by atoms with Gasteiger partial charge in [-0.15, -0.1) is 0 Å². The first-order chi connectivity index (χ1) is 30.6. The van der Waals surface area contributed by atoms with Crippen molar-refractivity contribution in [2.24, 2.45) is 0 Å². The van der Waals surface area contributed by atoms with E-state index in [9.17, 15) is 14.7 Å². The maximum atomic E-state index is 12.2. The average molecular weight is 865 g/mol. The average Bonchev–Trinajstić information content (AvgIpc) is 3.28. The normalized spacial score (nSPS) is 12.8. The number of rotatable bonds is 48. The zero-order valence-corrected chi connectivity index (χ0v) is 40.9. The van der Waals surface area contributed by atoms with Crippen LogP contribution in [0.15, 0.2) is 72.9 Å². The van der Waals surface area contributed by atoms with Crippen molar-refractivity contribution < 1.29 is 24.2 Å². The lowest BCUT2D eigenvalue weighted by molar-refractivity contribution is -0.161. The molecule has 0 aliphatic rings. The molecule has 5 heteroatoms. The number of carbonyl (C=O) groups is 2. The van der Waals surface area contributed by atoms with Crippen molar-refractivity contribution in [3.63, 3.8) is 0 Å². The number of hydrogen-bond acceptors (Lipinski definition) is 5. The summed E-state index contributed by atoms with van der Waals surface area (Å²) in [6.45, 7) is 4.02. The Morgan fingerprint density at radius 1 is 0.387 bits per heavy atom. The van der Waals surface area contributed by atoms with Crippen molar-refractivity contribution in [1.29, 1.82) is 0 Å². The molecule has 5 nitrogen and oxygen atoms in total. The molecule has 0 aromatic carbocycles. The summed E-state index contributed by atoms with van der Waals surface area (Å²) in [7, 11) is 0. The molecule has 0 amide bonds. The molecular formula is C57H100O5. The van der Waals surface area contributed by atoms with Crippen molar-refractivity contribution in [3.05, 3.63) is 72.9 Å². The van der Waals surface area contributed by atoms with Crippen molar-refractivity contribution >= 4 is 11.9 Å². The molecule has 0 fully saturated rings. The summed E-state index contributed by atoms with van der Waals surface area (Å²) >= 11 is 0. The van der Waals surface area contributed by atoms with E-state index >= 15 is 0 Å². The number of unbranched alkanes of at least 4 members (excludes halogenated alkanes) is 28. The number of carbonyl (C=O) groups excluding carboxylic acids is 2. The third kappa shape index (κ3) is 50.0. The van der Waals surface area contributed by atoms with Crippen molar-refractivity contribution in [2.75, 3.05) is 13.2 Å². The largest absolute Gasteiger partial charge is 0.462 e. The fourth-order valence-electron chi connectivity index (χ4n) is 7.52. The van der Waals surface area contributed by atoms with Crippen LogP contribution in [0.1, 0.15) is 258 Å². The summed E-state index contributed by atoms with van der Waals surface area (Å²) in [5, 5.41) is 9.62. The van der Waals surface area contributed by atoms with Crippen molar-refractivity contribution in [1.82, 2.24) is 0 Å². The SMILES string of the molecule is CC/C=C\C/C=C\C/C=C\C/C=C\C/C=C\CCCCCC(=O)OC(CO)COC(=O)CCCCCCCCCCCCCCCCCCC/C=C\CCCCCCCCCC. The Morgan fingerprint density at radius 2 is 0.694 bits per heavy atom. The maximum Gasteiger partial charge on any atom is 0.306 e. The standard InChI is InChI=1S/C57H100O5/c1-3-5-7-9-11-13-15-17-19-21-23-24-25-26-27-28-29-30-31-32-34-35-37-39-41-43-45-47-49-51-56(59)61-54-55(53-58)62-57(60)52-50-48-46-44-42-40-38-36-33-22-20-18-16-14-12-10-8-6-4-2/h6,8,12,14,18,20-21,23,33,36,40,42,55,58H,3-5,7,9-11,13,15-17,19,22,24-32,34-35,37-39,41,43-54H2,1-2H3/b8-6-,14-12-,20-18-,23-21-,36-33-,42-40-. The summed E-state index contributed by atoms with van der Waals surface area (Å²) in [5.41, 5.74) is 0. The molecule has 0 radical (unpaired) electrons. The Balaban J connectivity index is 3.50. The van der Waals surface area contributed by atoms with E-state index < -0.39 is 6.10 Å². The van der Waals surface area contributed by atoms with E-state index in [2.05, 4.69) is 86.8 Å². The molecule has 1 atom stereocenters. The van der Waals surface area contributed by atoms with Gasteiger partial charge in [-0.25, -0.2) is 0 Å². The number of aliphatic hydroxyl groups excluding tert-OH is 1. The number of ether oxygens (including phenoxy) is 2. The van der Waals surface area contributed by atoms with Crippen LogP contribution in [0.4, 0.5) is 0 Å².